The van der Waals surface area contributed by atoms with E-state index in [1.165, 1.54) is 17.8 Å². The predicted molar refractivity (Wildman–Crippen MR) is 173 cm³/mol. The Kier molecular flexibility index (Phi) is 11.1. The summed E-state index contributed by atoms with van der Waals surface area (Å²) in [6.07, 6.45) is 4.42. The van der Waals surface area contributed by atoms with Gasteiger partial charge in [0.1, 0.15) is 5.71 Å². The van der Waals surface area contributed by atoms with E-state index < -0.39 is 17.9 Å². The molecule has 234 valence electrons. The van der Waals surface area contributed by atoms with Crippen molar-refractivity contribution in [2.75, 3.05) is 5.75 Å². The van der Waals surface area contributed by atoms with Crippen LogP contribution in [0.5, 0.6) is 0 Å². The molecule has 0 spiro atoms. The van der Waals surface area contributed by atoms with Crippen molar-refractivity contribution in [3.8, 4) is 0 Å². The van der Waals surface area contributed by atoms with Gasteiger partial charge in [0, 0.05) is 67.5 Å². The number of aryl methyl sites for hydroxylation is 1. The molecule has 0 unspecified atom stereocenters. The molecule has 11 heteroatoms. The molecule has 1 aromatic heterocycles. The minimum atomic E-state index is -5.27. The van der Waals surface area contributed by atoms with Crippen LogP contribution >= 0.6 is 23.4 Å². The second-order valence-electron chi connectivity index (χ2n) is 9.98. The van der Waals surface area contributed by atoms with E-state index in [-0.39, 0.29) is 29.2 Å². The molecule has 0 aliphatic heterocycles. The molecule has 0 saturated carbocycles. The first-order chi connectivity index (χ1) is 21.5. The highest BCUT2D eigenvalue weighted by atomic mass is 35.5. The zero-order valence-electron chi connectivity index (χ0n) is 24.6. The molecule has 6 nitrogen and oxygen atoms in total. The molecule has 0 N–H and O–H groups in total. The van der Waals surface area contributed by atoms with Gasteiger partial charge < -0.3 is 9.40 Å². The number of carbonyl (C=O) groups excluding carboxylic acids is 3. The zero-order valence-corrected chi connectivity index (χ0v) is 26.2. The summed E-state index contributed by atoms with van der Waals surface area (Å²) >= 11 is 7.26. The van der Waals surface area contributed by atoms with Crippen LogP contribution in [-0.2, 0) is 27.4 Å². The molecule has 0 bridgehead atoms. The molecule has 1 aliphatic rings. The maximum atomic E-state index is 13.7. The highest BCUT2D eigenvalue weighted by Crippen LogP contribution is 2.35. The number of allylic oxidation sites excluding steroid dienone is 6. The molecule has 1 heterocycles. The van der Waals surface area contributed by atoms with Crippen LogP contribution in [0.4, 0.5) is 13.2 Å². The van der Waals surface area contributed by atoms with Crippen molar-refractivity contribution in [2.45, 2.75) is 50.7 Å². The van der Waals surface area contributed by atoms with Crippen LogP contribution in [-0.4, -0.2) is 39.7 Å². The van der Waals surface area contributed by atoms with E-state index >= 15 is 0 Å². The lowest BCUT2D eigenvalue weighted by Crippen LogP contribution is -2.25. The van der Waals surface area contributed by atoms with Crippen molar-refractivity contribution in [1.82, 2.24) is 4.57 Å². The summed E-state index contributed by atoms with van der Waals surface area (Å²) < 4.78 is 40.6. The molecule has 4 rings (SSSR count). The number of benzene rings is 2. The molecule has 0 atom stereocenters. The maximum absolute atomic E-state index is 13.7. The summed E-state index contributed by atoms with van der Waals surface area (Å²) in [7, 11) is 0. The number of oxime groups is 1. The minimum absolute atomic E-state index is 0.0786. The lowest BCUT2D eigenvalue weighted by Gasteiger charge is -2.16. The van der Waals surface area contributed by atoms with E-state index in [0.29, 0.717) is 40.9 Å². The van der Waals surface area contributed by atoms with Gasteiger partial charge in [-0.1, -0.05) is 47.6 Å². The molecular weight excluding hydrogens is 625 g/mol. The summed E-state index contributed by atoms with van der Waals surface area (Å²) in [5.74, 6) is -3.08. The van der Waals surface area contributed by atoms with E-state index in [2.05, 4.69) is 21.1 Å². The molecule has 2 aromatic carbocycles. The lowest BCUT2D eigenvalue weighted by atomic mass is 9.90. The Morgan fingerprint density at radius 2 is 1.84 bits per heavy atom. The molecule has 45 heavy (non-hydrogen) atoms. The number of carbonyl (C=O) groups is 3. The fourth-order valence-corrected chi connectivity index (χ4v) is 5.96. The van der Waals surface area contributed by atoms with Gasteiger partial charge in [0.2, 0.25) is 5.78 Å². The van der Waals surface area contributed by atoms with Crippen molar-refractivity contribution >= 4 is 63.6 Å². The Morgan fingerprint density at radius 1 is 1.11 bits per heavy atom. The first-order valence-corrected chi connectivity index (χ1v) is 15.5. The molecular formula is C34H30ClF3N2O4S. The molecule has 0 saturated heterocycles. The van der Waals surface area contributed by atoms with Crippen molar-refractivity contribution < 1.29 is 32.4 Å². The third-order valence-corrected chi connectivity index (χ3v) is 8.40. The Hall–Kier alpha value is -4.15. The third kappa shape index (κ3) is 7.93. The van der Waals surface area contributed by atoms with Crippen molar-refractivity contribution in [2.24, 2.45) is 5.16 Å². The van der Waals surface area contributed by atoms with E-state index in [4.69, 9.17) is 11.6 Å². The molecule has 3 aromatic rings. The topological polar surface area (TPSA) is 77.7 Å². The zero-order chi connectivity index (χ0) is 32.7. The van der Waals surface area contributed by atoms with Gasteiger partial charge in [-0.05, 0) is 75.2 Å². The Morgan fingerprint density at radius 3 is 2.49 bits per heavy atom. The number of alkyl halides is 3. The van der Waals surface area contributed by atoms with Crippen LogP contribution in [0.2, 0.25) is 5.02 Å². The third-order valence-electron chi connectivity index (χ3n) is 7.14. The number of fused-ring (bicyclic) bond motifs is 3. The van der Waals surface area contributed by atoms with Crippen LogP contribution in [0, 0.1) is 0 Å². The standard InChI is InChI=1S/C34H30ClF3N2O4S/c1-4-7-8-21(5-2)31(41)22-9-15-29-26(19-22)27-20-23(10-16-30(27)40(29)6-3)32(42)28(39-44-33(43)34(36,37)38)17-18-45-25-13-11-24(35)12-14-25/h4-5,7-8,10-14,16,19-20H,2,6,9,15,17-18H2,1,3H3/b7-4-,21-8+,39-28+. The minimum Gasteiger partial charge on any atom is -0.344 e. The van der Waals surface area contributed by atoms with Gasteiger partial charge in [-0.3, -0.25) is 9.59 Å². The monoisotopic (exact) mass is 654 g/mol. The van der Waals surface area contributed by atoms with Crippen molar-refractivity contribution in [1.29, 1.82) is 0 Å². The van der Waals surface area contributed by atoms with Crippen molar-refractivity contribution in [3.05, 3.63) is 106 Å². The maximum Gasteiger partial charge on any atom is 0.493 e. The van der Waals surface area contributed by atoms with Crippen LogP contribution in [0.15, 0.2) is 94.5 Å². The summed E-state index contributed by atoms with van der Waals surface area (Å²) in [6.45, 7) is 8.26. The highest BCUT2D eigenvalue weighted by Gasteiger charge is 2.42. The van der Waals surface area contributed by atoms with E-state index in [1.54, 1.807) is 54.6 Å². The van der Waals surface area contributed by atoms with Crippen LogP contribution in [0.1, 0.15) is 48.3 Å². The van der Waals surface area contributed by atoms with Gasteiger partial charge in [0.05, 0.1) is 0 Å². The number of Topliss-reactive ketones (excluding diaryl/α,β-unsaturated/α-hetero) is 2. The molecule has 0 radical (unpaired) electrons. The normalized spacial score (nSPS) is 14.0. The summed E-state index contributed by atoms with van der Waals surface area (Å²) in [5, 5.41) is 4.62. The second-order valence-corrected chi connectivity index (χ2v) is 11.6. The number of nitrogens with zero attached hydrogens (tertiary/aromatic N) is 2. The SMILES string of the molecule is C=C/C(=C\C=C/C)C(=O)C1=Cc2c(n(CC)c3ccc(C(=O)/C(CCSc4ccc(Cl)cc4)=N/OC(=O)C(F)(F)F)cc23)CC1. The van der Waals surface area contributed by atoms with Gasteiger partial charge in [-0.25, -0.2) is 4.79 Å². The molecule has 0 amide bonds. The Labute approximate surface area is 267 Å². The predicted octanol–water partition coefficient (Wildman–Crippen LogP) is 8.73. The number of rotatable bonds is 12. The first-order valence-electron chi connectivity index (χ1n) is 14.1. The highest BCUT2D eigenvalue weighted by molar-refractivity contribution is 7.99. The van der Waals surface area contributed by atoms with Crippen LogP contribution in [0.25, 0.3) is 17.0 Å². The molecule has 0 fully saturated rings. The number of halogens is 4. The van der Waals surface area contributed by atoms with Crippen molar-refractivity contribution in [3.63, 3.8) is 0 Å². The summed E-state index contributed by atoms with van der Waals surface area (Å²) in [6, 6.07) is 11.9. The summed E-state index contributed by atoms with van der Waals surface area (Å²) in [4.78, 5) is 43.3. The van der Waals surface area contributed by atoms with Crippen LogP contribution < -0.4 is 0 Å². The van der Waals surface area contributed by atoms with Gasteiger partial charge in [0.15, 0.2) is 5.78 Å². The van der Waals surface area contributed by atoms with Gasteiger partial charge in [-0.2, -0.15) is 13.2 Å². The number of thioether (sulfide) groups is 1. The average Bonchev–Trinajstić information content (AvgIpc) is 3.35. The number of ketones is 2. The van der Waals surface area contributed by atoms with Gasteiger partial charge in [-0.15, -0.1) is 11.8 Å². The fourth-order valence-electron chi connectivity index (χ4n) is 4.98. The summed E-state index contributed by atoms with van der Waals surface area (Å²) in [5.41, 5.74) is 3.54. The van der Waals surface area contributed by atoms with E-state index in [9.17, 15) is 27.6 Å². The number of aromatic nitrogens is 1. The van der Waals surface area contributed by atoms with E-state index in [0.717, 1.165) is 21.7 Å². The largest absolute Gasteiger partial charge is 0.493 e. The average molecular weight is 655 g/mol. The van der Waals surface area contributed by atoms with Gasteiger partial charge >= 0.3 is 12.1 Å². The Balaban J connectivity index is 1.71. The molecule has 1 aliphatic carbocycles. The second kappa shape index (κ2) is 14.8. The Bertz CT molecular complexity index is 1770. The fraction of sp³-hybridized carbons (Fsp3) is 0.235. The number of hydrogen-bond acceptors (Lipinski definition) is 6. The lowest BCUT2D eigenvalue weighted by molar-refractivity contribution is -0.199. The number of hydrogen-bond donors (Lipinski definition) is 0. The van der Waals surface area contributed by atoms with Crippen LogP contribution in [0.3, 0.4) is 0 Å². The van der Waals surface area contributed by atoms with E-state index in [1.807, 2.05) is 26.0 Å². The smallest absolute Gasteiger partial charge is 0.344 e. The quantitative estimate of drug-likeness (QED) is 0.0371. The first kappa shape index (κ1) is 33.7. The van der Waals surface area contributed by atoms with Gasteiger partial charge in [0.25, 0.3) is 0 Å².